The molecule has 2 aliphatic rings. The SMILES string of the molecule is C(/C=C/C=C/N1CCc2ccccc21)=[N+]1CCCC1. The number of allylic oxidation sites excluding steroid dienone is 3. The molecule has 1 fully saturated rings. The molecule has 0 aliphatic carbocycles. The van der Waals surface area contributed by atoms with Crippen molar-refractivity contribution in [1.82, 2.24) is 0 Å². The summed E-state index contributed by atoms with van der Waals surface area (Å²) >= 11 is 0. The summed E-state index contributed by atoms with van der Waals surface area (Å²) in [5, 5.41) is 0. The quantitative estimate of drug-likeness (QED) is 0.593. The molecule has 2 heterocycles. The van der Waals surface area contributed by atoms with Crippen LogP contribution >= 0.6 is 0 Å². The second-order valence-corrected chi connectivity index (χ2v) is 5.19. The predicted molar refractivity (Wildman–Crippen MR) is 81.1 cm³/mol. The Labute approximate surface area is 115 Å². The first-order chi connectivity index (χ1) is 9.43. The Morgan fingerprint density at radius 3 is 2.74 bits per heavy atom. The third-order valence-electron chi connectivity index (χ3n) is 3.85. The van der Waals surface area contributed by atoms with Gasteiger partial charge in [0.15, 0.2) is 6.21 Å². The Morgan fingerprint density at radius 2 is 1.84 bits per heavy atom. The summed E-state index contributed by atoms with van der Waals surface area (Å²) < 4.78 is 2.38. The lowest BCUT2D eigenvalue weighted by Crippen LogP contribution is -2.11. The highest BCUT2D eigenvalue weighted by atomic mass is 15.1. The van der Waals surface area contributed by atoms with E-state index in [0.29, 0.717) is 0 Å². The van der Waals surface area contributed by atoms with Crippen molar-refractivity contribution in [2.24, 2.45) is 0 Å². The van der Waals surface area contributed by atoms with Gasteiger partial charge in [-0.3, -0.25) is 0 Å². The summed E-state index contributed by atoms with van der Waals surface area (Å²) in [4.78, 5) is 2.33. The van der Waals surface area contributed by atoms with Crippen molar-refractivity contribution in [2.75, 3.05) is 24.5 Å². The molecule has 1 saturated heterocycles. The van der Waals surface area contributed by atoms with Gasteiger partial charge in [-0.15, -0.1) is 0 Å². The maximum absolute atomic E-state index is 2.38. The Morgan fingerprint density at radius 1 is 1.00 bits per heavy atom. The van der Waals surface area contributed by atoms with Crippen LogP contribution in [0.4, 0.5) is 5.69 Å². The van der Waals surface area contributed by atoms with Gasteiger partial charge in [-0.05, 0) is 24.1 Å². The lowest BCUT2D eigenvalue weighted by molar-refractivity contribution is -0.500. The number of nitrogens with zero attached hydrogens (tertiary/aromatic N) is 2. The molecular formula is C17H21N2+. The second-order valence-electron chi connectivity index (χ2n) is 5.19. The van der Waals surface area contributed by atoms with Gasteiger partial charge in [-0.2, -0.15) is 0 Å². The van der Waals surface area contributed by atoms with E-state index in [-0.39, 0.29) is 0 Å². The maximum Gasteiger partial charge on any atom is 0.163 e. The van der Waals surface area contributed by atoms with Crippen molar-refractivity contribution < 1.29 is 4.58 Å². The molecule has 0 bridgehead atoms. The Hall–Kier alpha value is -1.83. The second kappa shape index (κ2) is 5.87. The molecule has 2 nitrogen and oxygen atoms in total. The molecule has 3 rings (SSSR count). The lowest BCUT2D eigenvalue weighted by Gasteiger charge is -2.12. The van der Waals surface area contributed by atoms with E-state index in [9.17, 15) is 0 Å². The number of para-hydroxylation sites is 1. The highest BCUT2D eigenvalue weighted by Crippen LogP contribution is 2.27. The molecule has 0 amide bonds. The summed E-state index contributed by atoms with van der Waals surface area (Å²) in [5.74, 6) is 0. The number of fused-ring (bicyclic) bond motifs is 1. The molecule has 19 heavy (non-hydrogen) atoms. The van der Waals surface area contributed by atoms with E-state index in [0.717, 1.165) is 13.0 Å². The van der Waals surface area contributed by atoms with Gasteiger partial charge < -0.3 is 4.90 Å². The Balaban J connectivity index is 1.59. The monoisotopic (exact) mass is 253 g/mol. The Bertz CT molecular complexity index is 518. The van der Waals surface area contributed by atoms with Crippen LogP contribution in [0.5, 0.6) is 0 Å². The number of rotatable bonds is 3. The van der Waals surface area contributed by atoms with Gasteiger partial charge in [0.1, 0.15) is 13.1 Å². The normalized spacial score (nSPS) is 18.7. The van der Waals surface area contributed by atoms with Crippen LogP contribution < -0.4 is 4.90 Å². The minimum Gasteiger partial charge on any atom is -0.347 e. The van der Waals surface area contributed by atoms with Gasteiger partial charge in [-0.25, -0.2) is 4.58 Å². The van der Waals surface area contributed by atoms with Crippen LogP contribution in [0.25, 0.3) is 0 Å². The van der Waals surface area contributed by atoms with Crippen LogP contribution in [0.3, 0.4) is 0 Å². The van der Waals surface area contributed by atoms with Gasteiger partial charge in [0, 0.05) is 37.3 Å². The molecule has 0 unspecified atom stereocenters. The third kappa shape index (κ3) is 2.95. The fraction of sp³-hybridized carbons (Fsp3) is 0.353. The fourth-order valence-corrected chi connectivity index (χ4v) is 2.80. The van der Waals surface area contributed by atoms with Crippen molar-refractivity contribution in [3.05, 3.63) is 54.3 Å². The van der Waals surface area contributed by atoms with Gasteiger partial charge in [0.2, 0.25) is 0 Å². The molecular weight excluding hydrogens is 232 g/mol. The number of anilines is 1. The number of hydrogen-bond donors (Lipinski definition) is 0. The molecule has 0 radical (unpaired) electrons. The smallest absolute Gasteiger partial charge is 0.163 e. The van der Waals surface area contributed by atoms with Crippen LogP contribution in [0.15, 0.2) is 48.7 Å². The zero-order valence-electron chi connectivity index (χ0n) is 11.3. The van der Waals surface area contributed by atoms with Crippen molar-refractivity contribution in [3.8, 4) is 0 Å². The van der Waals surface area contributed by atoms with Crippen molar-refractivity contribution in [2.45, 2.75) is 19.3 Å². The van der Waals surface area contributed by atoms with Crippen molar-refractivity contribution in [3.63, 3.8) is 0 Å². The van der Waals surface area contributed by atoms with Gasteiger partial charge >= 0.3 is 0 Å². The van der Waals surface area contributed by atoms with E-state index < -0.39 is 0 Å². The van der Waals surface area contributed by atoms with Gasteiger partial charge in [0.05, 0.1) is 0 Å². The van der Waals surface area contributed by atoms with Crippen molar-refractivity contribution >= 4 is 11.9 Å². The number of hydrogen-bond acceptors (Lipinski definition) is 1. The van der Waals surface area contributed by atoms with E-state index in [1.807, 2.05) is 0 Å². The Kier molecular flexibility index (Phi) is 3.78. The molecule has 0 spiro atoms. The lowest BCUT2D eigenvalue weighted by atomic mass is 10.2. The first-order valence-electron chi connectivity index (χ1n) is 7.20. The summed E-state index contributed by atoms with van der Waals surface area (Å²) in [7, 11) is 0. The molecule has 0 atom stereocenters. The molecule has 0 aromatic heterocycles. The predicted octanol–water partition coefficient (Wildman–Crippen LogP) is 3.00. The number of benzene rings is 1. The average molecular weight is 253 g/mol. The standard InChI is InChI=1S/C17H21N2/c1(4-11-18-12-6-7-13-18)5-14-19-15-10-16-8-2-3-9-17(16)19/h1-5,8-9,11,14H,6-7,10,12-13,15H2/q+1. The largest absolute Gasteiger partial charge is 0.347 e. The first kappa shape index (κ1) is 12.2. The topological polar surface area (TPSA) is 6.25 Å². The fourth-order valence-electron chi connectivity index (χ4n) is 2.80. The van der Waals surface area contributed by atoms with E-state index in [4.69, 9.17) is 0 Å². The molecule has 2 heteroatoms. The minimum absolute atomic E-state index is 1.10. The third-order valence-corrected chi connectivity index (χ3v) is 3.85. The van der Waals surface area contributed by atoms with E-state index >= 15 is 0 Å². The van der Waals surface area contributed by atoms with Crippen LogP contribution in [0, 0.1) is 0 Å². The van der Waals surface area contributed by atoms with Gasteiger partial charge in [-0.1, -0.05) is 24.3 Å². The van der Waals surface area contributed by atoms with E-state index in [1.54, 1.807) is 0 Å². The molecule has 1 aromatic rings. The summed E-state index contributed by atoms with van der Waals surface area (Å²) in [6, 6.07) is 8.66. The van der Waals surface area contributed by atoms with E-state index in [2.05, 4.69) is 64.4 Å². The molecule has 98 valence electrons. The van der Waals surface area contributed by atoms with Crippen molar-refractivity contribution in [1.29, 1.82) is 0 Å². The highest BCUT2D eigenvalue weighted by molar-refractivity contribution is 5.67. The van der Waals surface area contributed by atoms with Crippen LogP contribution in [0.1, 0.15) is 18.4 Å². The zero-order chi connectivity index (χ0) is 12.9. The summed E-state index contributed by atoms with van der Waals surface area (Å²) in [6.45, 7) is 3.53. The highest BCUT2D eigenvalue weighted by Gasteiger charge is 2.15. The zero-order valence-corrected chi connectivity index (χ0v) is 11.3. The summed E-state index contributed by atoms with van der Waals surface area (Å²) in [6.07, 6.45) is 14.6. The summed E-state index contributed by atoms with van der Waals surface area (Å²) in [5.41, 5.74) is 2.82. The molecule has 0 N–H and O–H groups in total. The van der Waals surface area contributed by atoms with E-state index in [1.165, 1.54) is 37.2 Å². The van der Waals surface area contributed by atoms with Crippen LogP contribution in [0.2, 0.25) is 0 Å². The van der Waals surface area contributed by atoms with Crippen LogP contribution in [-0.2, 0) is 6.42 Å². The molecule has 1 aromatic carbocycles. The minimum atomic E-state index is 1.10. The van der Waals surface area contributed by atoms with Gasteiger partial charge in [0.25, 0.3) is 0 Å². The molecule has 2 aliphatic heterocycles. The molecule has 0 saturated carbocycles. The first-order valence-corrected chi connectivity index (χ1v) is 7.20. The van der Waals surface area contributed by atoms with Crippen LogP contribution in [-0.4, -0.2) is 30.4 Å². The average Bonchev–Trinajstić information content (AvgIpc) is 3.08. The maximum atomic E-state index is 2.38.